The van der Waals surface area contributed by atoms with Gasteiger partial charge in [0.1, 0.15) is 12.4 Å². The van der Waals surface area contributed by atoms with Gasteiger partial charge in [-0.1, -0.05) is 0 Å². The first-order valence-corrected chi connectivity index (χ1v) is 7.28. The molecular weight excluding hydrogens is 271 g/mol. The third-order valence-electron chi connectivity index (χ3n) is 3.53. The van der Waals surface area contributed by atoms with Crippen LogP contribution in [0.5, 0.6) is 0 Å². The summed E-state index contributed by atoms with van der Waals surface area (Å²) in [6.45, 7) is 8.27. The molecule has 1 fully saturated rings. The van der Waals surface area contributed by atoms with Gasteiger partial charge in [0.25, 0.3) is 0 Å². The van der Waals surface area contributed by atoms with Crippen LogP contribution in [-0.2, 0) is 9.53 Å². The van der Waals surface area contributed by atoms with Gasteiger partial charge in [-0.25, -0.2) is 4.39 Å². The Hall–Kier alpha value is -1.62. The highest BCUT2D eigenvalue weighted by Crippen LogP contribution is 2.20. The van der Waals surface area contributed by atoms with Gasteiger partial charge in [-0.2, -0.15) is 0 Å². The van der Waals surface area contributed by atoms with Gasteiger partial charge in [-0.15, -0.1) is 0 Å². The van der Waals surface area contributed by atoms with Crippen molar-refractivity contribution >= 4 is 11.7 Å². The van der Waals surface area contributed by atoms with E-state index in [0.717, 1.165) is 25.3 Å². The molecule has 1 heterocycles. The number of esters is 1. The topological polar surface area (TPSA) is 41.6 Å². The summed E-state index contributed by atoms with van der Waals surface area (Å²) < 4.78 is 18.5. The molecule has 0 aliphatic carbocycles. The number of rotatable bonds is 3. The Bertz CT molecular complexity index is 482. The van der Waals surface area contributed by atoms with Crippen LogP contribution in [0.25, 0.3) is 0 Å². The summed E-state index contributed by atoms with van der Waals surface area (Å²) in [7, 11) is 0. The van der Waals surface area contributed by atoms with Crippen molar-refractivity contribution in [2.45, 2.75) is 26.8 Å². The van der Waals surface area contributed by atoms with Crippen molar-refractivity contribution in [3.05, 3.63) is 30.1 Å². The number of halogens is 1. The van der Waals surface area contributed by atoms with Crippen molar-refractivity contribution < 1.29 is 13.9 Å². The van der Waals surface area contributed by atoms with Crippen LogP contribution in [0.4, 0.5) is 10.1 Å². The minimum absolute atomic E-state index is 0.0653. The lowest BCUT2D eigenvalue weighted by molar-refractivity contribution is -0.153. The Morgan fingerprint density at radius 1 is 1.38 bits per heavy atom. The second kappa shape index (κ2) is 6.43. The molecule has 1 atom stereocenters. The summed E-state index contributed by atoms with van der Waals surface area (Å²) in [5, 5.41) is 3.30. The smallest absolute Gasteiger partial charge is 0.311 e. The molecule has 1 aliphatic rings. The molecule has 116 valence electrons. The van der Waals surface area contributed by atoms with Crippen molar-refractivity contribution in [2.75, 3.05) is 31.1 Å². The molecule has 4 nitrogen and oxygen atoms in total. The lowest BCUT2D eigenvalue weighted by Gasteiger charge is -2.38. The molecule has 1 aromatic carbocycles. The van der Waals surface area contributed by atoms with Crippen LogP contribution in [0.2, 0.25) is 0 Å². The number of piperazine rings is 1. The molecule has 5 heteroatoms. The van der Waals surface area contributed by atoms with E-state index in [1.165, 1.54) is 12.1 Å². The lowest BCUT2D eigenvalue weighted by Crippen LogP contribution is -2.54. The van der Waals surface area contributed by atoms with E-state index in [-0.39, 0.29) is 17.8 Å². The van der Waals surface area contributed by atoms with Gasteiger partial charge in [0, 0.05) is 25.3 Å². The number of ether oxygens (including phenoxy) is 1. The minimum atomic E-state index is -0.497. The van der Waals surface area contributed by atoms with E-state index >= 15 is 0 Å². The van der Waals surface area contributed by atoms with Gasteiger partial charge in [0.15, 0.2) is 0 Å². The Morgan fingerprint density at radius 2 is 2.05 bits per heavy atom. The molecule has 21 heavy (non-hydrogen) atoms. The number of hydrogen-bond donors (Lipinski definition) is 1. The Balaban J connectivity index is 2.02. The number of carbonyl (C=O) groups excluding carboxylic acids is 1. The molecule has 2 rings (SSSR count). The van der Waals surface area contributed by atoms with E-state index in [9.17, 15) is 9.18 Å². The molecule has 0 spiro atoms. The molecule has 1 saturated heterocycles. The number of carbonyl (C=O) groups is 1. The number of nitrogens with one attached hydrogen (secondary N) is 1. The summed E-state index contributed by atoms with van der Waals surface area (Å²) >= 11 is 0. The highest BCUT2D eigenvalue weighted by Gasteiger charge is 2.27. The van der Waals surface area contributed by atoms with Gasteiger partial charge in [-0.05, 0) is 45.0 Å². The summed E-state index contributed by atoms with van der Waals surface area (Å²) in [6.07, 6.45) is 0. The van der Waals surface area contributed by atoms with Gasteiger partial charge in [-0.3, -0.25) is 4.79 Å². The maximum Gasteiger partial charge on any atom is 0.311 e. The van der Waals surface area contributed by atoms with E-state index in [0.29, 0.717) is 6.61 Å². The third kappa shape index (κ3) is 4.17. The van der Waals surface area contributed by atoms with Gasteiger partial charge in [0.05, 0.1) is 11.5 Å². The zero-order valence-electron chi connectivity index (χ0n) is 12.9. The SMILES string of the molecule is CC(C)(C)C(=O)OCC1CNCCN1c1ccc(F)cc1. The molecule has 1 N–H and O–H groups in total. The molecule has 0 saturated carbocycles. The molecule has 0 aromatic heterocycles. The third-order valence-corrected chi connectivity index (χ3v) is 3.53. The fraction of sp³-hybridized carbons (Fsp3) is 0.562. The largest absolute Gasteiger partial charge is 0.463 e. The van der Waals surface area contributed by atoms with E-state index in [2.05, 4.69) is 10.2 Å². The Labute approximate surface area is 125 Å². The normalized spacial score (nSPS) is 19.4. The maximum atomic E-state index is 13.0. The molecule has 0 bridgehead atoms. The minimum Gasteiger partial charge on any atom is -0.463 e. The Kier molecular flexibility index (Phi) is 4.83. The van der Waals surface area contributed by atoms with Crippen LogP contribution in [0.3, 0.4) is 0 Å². The summed E-state index contributed by atoms with van der Waals surface area (Å²) in [5.41, 5.74) is 0.456. The molecular formula is C16H23FN2O2. The first-order chi connectivity index (χ1) is 9.88. The quantitative estimate of drug-likeness (QED) is 0.868. The standard InChI is InChI=1S/C16H23FN2O2/c1-16(2,3)15(20)21-11-14-10-18-8-9-19(14)13-6-4-12(17)5-7-13/h4-7,14,18H,8-11H2,1-3H3. The second-order valence-corrected chi connectivity index (χ2v) is 6.38. The fourth-order valence-corrected chi connectivity index (χ4v) is 2.27. The first kappa shape index (κ1) is 15.8. The van der Waals surface area contributed by atoms with Crippen LogP contribution in [-0.4, -0.2) is 38.3 Å². The summed E-state index contributed by atoms with van der Waals surface area (Å²) in [4.78, 5) is 14.0. The molecule has 0 amide bonds. The molecule has 1 aromatic rings. The van der Waals surface area contributed by atoms with Crippen molar-refractivity contribution in [1.82, 2.24) is 5.32 Å². The fourth-order valence-electron chi connectivity index (χ4n) is 2.27. The van der Waals surface area contributed by atoms with Gasteiger partial charge < -0.3 is 15.0 Å². The van der Waals surface area contributed by atoms with Crippen molar-refractivity contribution in [3.63, 3.8) is 0 Å². The highest BCUT2D eigenvalue weighted by atomic mass is 19.1. The van der Waals surface area contributed by atoms with Gasteiger partial charge >= 0.3 is 5.97 Å². The predicted molar refractivity (Wildman–Crippen MR) is 80.8 cm³/mol. The van der Waals surface area contributed by atoms with Crippen LogP contribution in [0.1, 0.15) is 20.8 Å². The second-order valence-electron chi connectivity index (χ2n) is 6.38. The lowest BCUT2D eigenvalue weighted by atomic mass is 9.97. The summed E-state index contributed by atoms with van der Waals surface area (Å²) in [6, 6.07) is 6.50. The van der Waals surface area contributed by atoms with Crippen LogP contribution < -0.4 is 10.2 Å². The van der Waals surface area contributed by atoms with Crippen LogP contribution in [0.15, 0.2) is 24.3 Å². The number of benzene rings is 1. The van der Waals surface area contributed by atoms with E-state index in [1.807, 2.05) is 20.8 Å². The molecule has 0 radical (unpaired) electrons. The van der Waals surface area contributed by atoms with E-state index < -0.39 is 5.41 Å². The number of nitrogens with zero attached hydrogens (tertiary/aromatic N) is 1. The highest BCUT2D eigenvalue weighted by molar-refractivity contribution is 5.75. The van der Waals surface area contributed by atoms with Crippen molar-refractivity contribution in [2.24, 2.45) is 5.41 Å². The molecule has 1 unspecified atom stereocenters. The monoisotopic (exact) mass is 294 g/mol. The van der Waals surface area contributed by atoms with E-state index in [1.54, 1.807) is 12.1 Å². The van der Waals surface area contributed by atoms with Gasteiger partial charge in [0.2, 0.25) is 0 Å². The van der Waals surface area contributed by atoms with Crippen molar-refractivity contribution in [3.8, 4) is 0 Å². The van der Waals surface area contributed by atoms with Crippen LogP contribution >= 0.6 is 0 Å². The average Bonchev–Trinajstić information content (AvgIpc) is 2.45. The predicted octanol–water partition coefficient (Wildman–Crippen LogP) is 2.19. The van der Waals surface area contributed by atoms with Crippen LogP contribution in [0, 0.1) is 11.2 Å². The van der Waals surface area contributed by atoms with Crippen molar-refractivity contribution in [1.29, 1.82) is 0 Å². The first-order valence-electron chi connectivity index (χ1n) is 7.28. The zero-order valence-corrected chi connectivity index (χ0v) is 12.9. The molecule has 1 aliphatic heterocycles. The Morgan fingerprint density at radius 3 is 2.67 bits per heavy atom. The number of hydrogen-bond acceptors (Lipinski definition) is 4. The van der Waals surface area contributed by atoms with E-state index in [4.69, 9.17) is 4.74 Å². The summed E-state index contributed by atoms with van der Waals surface area (Å²) in [5.74, 6) is -0.447. The average molecular weight is 294 g/mol. The number of anilines is 1. The zero-order chi connectivity index (χ0) is 15.5. The maximum absolute atomic E-state index is 13.0.